The van der Waals surface area contributed by atoms with Gasteiger partial charge in [0, 0.05) is 14.2 Å². The van der Waals surface area contributed by atoms with Gasteiger partial charge in [0.1, 0.15) is 6.10 Å². The van der Waals surface area contributed by atoms with Crippen LogP contribution in [0.3, 0.4) is 0 Å². The van der Waals surface area contributed by atoms with E-state index in [0.717, 1.165) is 0 Å². The van der Waals surface area contributed by atoms with Crippen molar-refractivity contribution in [2.45, 2.75) is 13.0 Å². The van der Waals surface area contributed by atoms with Gasteiger partial charge in [-0.15, -0.1) is 0 Å². The molecule has 3 heteroatoms. The van der Waals surface area contributed by atoms with Gasteiger partial charge in [0.15, 0.2) is 5.78 Å². The molecule has 0 spiro atoms. The van der Waals surface area contributed by atoms with Crippen molar-refractivity contribution in [3.63, 3.8) is 0 Å². The largest absolute Gasteiger partial charge is 0.382 e. The molecule has 0 aliphatic rings. The van der Waals surface area contributed by atoms with Crippen LogP contribution in [-0.4, -0.2) is 32.7 Å². The smallest absolute Gasteiger partial charge is 0.160 e. The number of ether oxygens (including phenoxy) is 2. The highest BCUT2D eigenvalue weighted by Crippen LogP contribution is 1.90. The predicted molar refractivity (Wildman–Crippen MR) is 33.4 cm³/mol. The second-order valence-corrected chi connectivity index (χ2v) is 1.79. The zero-order valence-corrected chi connectivity index (χ0v) is 6.01. The summed E-state index contributed by atoms with van der Waals surface area (Å²) in [7, 11) is 3.03. The number of methoxy groups -OCH3 is 2. The molecule has 0 heterocycles. The number of hydrogen-bond donors (Lipinski definition) is 0. The Balaban J connectivity index is 3.54. The maximum absolute atomic E-state index is 10.6. The maximum Gasteiger partial charge on any atom is 0.160 e. The first kappa shape index (κ1) is 8.59. The fraction of sp³-hybridized carbons (Fsp3) is 0.833. The van der Waals surface area contributed by atoms with Gasteiger partial charge in [-0.3, -0.25) is 4.79 Å². The van der Waals surface area contributed by atoms with Crippen molar-refractivity contribution in [2.75, 3.05) is 20.8 Å². The van der Waals surface area contributed by atoms with Gasteiger partial charge in [-0.25, -0.2) is 0 Å². The Morgan fingerprint density at radius 1 is 1.56 bits per heavy atom. The number of hydrogen-bond acceptors (Lipinski definition) is 3. The third kappa shape index (κ3) is 3.21. The summed E-state index contributed by atoms with van der Waals surface area (Å²) in [5.74, 6) is -0.000602. The molecule has 0 aromatic rings. The number of carbonyl (C=O) groups is 1. The minimum Gasteiger partial charge on any atom is -0.382 e. The fourth-order valence-electron chi connectivity index (χ4n) is 0.503. The Hall–Kier alpha value is -0.410. The van der Waals surface area contributed by atoms with Crippen molar-refractivity contribution in [3.05, 3.63) is 0 Å². The quantitative estimate of drug-likeness (QED) is 0.549. The van der Waals surface area contributed by atoms with Gasteiger partial charge in [0.05, 0.1) is 6.61 Å². The molecule has 0 rings (SSSR count). The summed E-state index contributed by atoms with van der Waals surface area (Å²) in [6, 6.07) is 0. The average molecular weight is 132 g/mol. The van der Waals surface area contributed by atoms with Crippen molar-refractivity contribution in [3.8, 4) is 0 Å². The van der Waals surface area contributed by atoms with Crippen LogP contribution in [0.2, 0.25) is 0 Å². The molecule has 9 heavy (non-hydrogen) atoms. The molecule has 0 saturated carbocycles. The Labute approximate surface area is 55.0 Å². The summed E-state index contributed by atoms with van der Waals surface area (Å²) in [4.78, 5) is 10.6. The van der Waals surface area contributed by atoms with Crippen molar-refractivity contribution in [2.24, 2.45) is 0 Å². The molecule has 0 amide bonds. The molecular formula is C6H12O3. The summed E-state index contributed by atoms with van der Waals surface area (Å²) in [5.41, 5.74) is 0. The minimum absolute atomic E-state index is 0.000602. The summed E-state index contributed by atoms with van der Waals surface area (Å²) in [5, 5.41) is 0. The molecule has 0 bridgehead atoms. The normalized spacial score (nSPS) is 13.2. The molecule has 1 unspecified atom stereocenters. The lowest BCUT2D eigenvalue weighted by molar-refractivity contribution is -0.129. The van der Waals surface area contributed by atoms with Crippen molar-refractivity contribution < 1.29 is 14.3 Å². The number of carbonyl (C=O) groups excluding carboxylic acids is 1. The van der Waals surface area contributed by atoms with Crippen molar-refractivity contribution in [1.29, 1.82) is 0 Å². The summed E-state index contributed by atoms with van der Waals surface area (Å²) in [6.45, 7) is 1.82. The topological polar surface area (TPSA) is 35.5 Å². The fourth-order valence-corrected chi connectivity index (χ4v) is 0.503. The van der Waals surface area contributed by atoms with Gasteiger partial charge in [0.25, 0.3) is 0 Å². The molecule has 0 aromatic heterocycles. The van der Waals surface area contributed by atoms with E-state index in [1.165, 1.54) is 21.1 Å². The highest BCUT2D eigenvalue weighted by atomic mass is 16.5. The second kappa shape index (κ2) is 4.47. The van der Waals surface area contributed by atoms with Crippen molar-refractivity contribution >= 4 is 5.78 Å². The van der Waals surface area contributed by atoms with E-state index in [0.29, 0.717) is 6.61 Å². The Bertz CT molecular complexity index is 90.3. The SMILES string of the molecule is COCC(OC)C(C)=O. The van der Waals surface area contributed by atoms with Gasteiger partial charge in [-0.2, -0.15) is 0 Å². The van der Waals surface area contributed by atoms with E-state index in [9.17, 15) is 4.79 Å². The number of rotatable bonds is 4. The van der Waals surface area contributed by atoms with E-state index in [-0.39, 0.29) is 5.78 Å². The van der Waals surface area contributed by atoms with E-state index in [1.54, 1.807) is 0 Å². The summed E-state index contributed by atoms with van der Waals surface area (Å²) in [6.07, 6.45) is -0.394. The lowest BCUT2D eigenvalue weighted by Gasteiger charge is -2.08. The molecule has 0 fully saturated rings. The summed E-state index contributed by atoms with van der Waals surface area (Å²) < 4.78 is 9.49. The van der Waals surface area contributed by atoms with E-state index < -0.39 is 6.10 Å². The monoisotopic (exact) mass is 132 g/mol. The van der Waals surface area contributed by atoms with Gasteiger partial charge in [-0.05, 0) is 6.92 Å². The molecule has 0 saturated heterocycles. The highest BCUT2D eigenvalue weighted by Gasteiger charge is 2.10. The van der Waals surface area contributed by atoms with Crippen LogP contribution in [0.25, 0.3) is 0 Å². The van der Waals surface area contributed by atoms with Gasteiger partial charge < -0.3 is 9.47 Å². The minimum atomic E-state index is -0.394. The molecule has 0 aliphatic carbocycles. The number of ketones is 1. The Morgan fingerprint density at radius 3 is 2.22 bits per heavy atom. The Morgan fingerprint density at radius 2 is 2.11 bits per heavy atom. The first-order valence-corrected chi connectivity index (χ1v) is 2.74. The van der Waals surface area contributed by atoms with Crippen molar-refractivity contribution in [1.82, 2.24) is 0 Å². The van der Waals surface area contributed by atoms with Crippen LogP contribution < -0.4 is 0 Å². The number of Topliss-reactive ketones (excluding diaryl/α,β-unsaturated/α-hetero) is 1. The molecule has 0 N–H and O–H groups in total. The second-order valence-electron chi connectivity index (χ2n) is 1.79. The van der Waals surface area contributed by atoms with Crippen LogP contribution >= 0.6 is 0 Å². The lowest BCUT2D eigenvalue weighted by atomic mass is 10.3. The summed E-state index contributed by atoms with van der Waals surface area (Å²) >= 11 is 0. The predicted octanol–water partition coefficient (Wildman–Crippen LogP) is 0.237. The Kier molecular flexibility index (Phi) is 4.26. The zero-order valence-electron chi connectivity index (χ0n) is 6.01. The third-order valence-electron chi connectivity index (χ3n) is 1.06. The molecule has 0 aromatic carbocycles. The molecule has 0 aliphatic heterocycles. The van der Waals surface area contributed by atoms with Gasteiger partial charge >= 0.3 is 0 Å². The standard InChI is InChI=1S/C6H12O3/c1-5(7)6(9-3)4-8-2/h6H,4H2,1-3H3. The molecule has 54 valence electrons. The van der Waals surface area contributed by atoms with Crippen LogP contribution in [0.15, 0.2) is 0 Å². The van der Waals surface area contributed by atoms with Gasteiger partial charge in [-0.1, -0.05) is 0 Å². The van der Waals surface area contributed by atoms with Crippen LogP contribution in [-0.2, 0) is 14.3 Å². The van der Waals surface area contributed by atoms with Crippen LogP contribution in [0, 0.1) is 0 Å². The molecular weight excluding hydrogens is 120 g/mol. The first-order chi connectivity index (χ1) is 4.22. The van der Waals surface area contributed by atoms with Crippen LogP contribution in [0.1, 0.15) is 6.92 Å². The lowest BCUT2D eigenvalue weighted by Crippen LogP contribution is -2.25. The molecule has 3 nitrogen and oxygen atoms in total. The highest BCUT2D eigenvalue weighted by molar-refractivity contribution is 5.80. The van der Waals surface area contributed by atoms with Gasteiger partial charge in [0.2, 0.25) is 0 Å². The van der Waals surface area contributed by atoms with Crippen LogP contribution in [0.4, 0.5) is 0 Å². The first-order valence-electron chi connectivity index (χ1n) is 2.74. The maximum atomic E-state index is 10.6. The van der Waals surface area contributed by atoms with Crippen LogP contribution in [0.5, 0.6) is 0 Å². The van der Waals surface area contributed by atoms with E-state index in [4.69, 9.17) is 9.47 Å². The third-order valence-corrected chi connectivity index (χ3v) is 1.06. The molecule has 1 atom stereocenters. The van der Waals surface area contributed by atoms with E-state index in [2.05, 4.69) is 0 Å². The zero-order chi connectivity index (χ0) is 7.28. The molecule has 0 radical (unpaired) electrons. The van der Waals surface area contributed by atoms with E-state index in [1.807, 2.05) is 0 Å². The average Bonchev–Trinajstić information content (AvgIpc) is 1.82. The van der Waals surface area contributed by atoms with E-state index >= 15 is 0 Å².